The van der Waals surface area contributed by atoms with Crippen LogP contribution in [0.3, 0.4) is 0 Å². The number of rotatable bonds is 9. The third-order valence-electron chi connectivity index (χ3n) is 5.32. The molecule has 0 bridgehead atoms. The fraction of sp³-hybridized carbons (Fsp3) is 0.250. The van der Waals surface area contributed by atoms with Crippen LogP contribution in [-0.4, -0.2) is 38.3 Å². The van der Waals surface area contributed by atoms with E-state index in [9.17, 15) is 13.2 Å². The molecule has 0 fully saturated rings. The number of aryl methyl sites for hydroxylation is 1. The normalized spacial score (nSPS) is 11.6. The monoisotopic (exact) mass is 468 g/mol. The van der Waals surface area contributed by atoms with Crippen molar-refractivity contribution >= 4 is 22.0 Å². The van der Waals surface area contributed by atoms with Crippen molar-refractivity contribution in [3.8, 4) is 5.75 Å². The molecule has 0 saturated heterocycles. The van der Waals surface area contributed by atoms with Gasteiger partial charge in [0.15, 0.2) is 0 Å². The minimum Gasteiger partial charge on any atom is -0.495 e. The molecule has 174 valence electrons. The van der Waals surface area contributed by atoms with Crippen LogP contribution in [0.2, 0.25) is 0 Å². The lowest BCUT2D eigenvalue weighted by molar-refractivity contribution is -0.116. The van der Waals surface area contributed by atoms with E-state index >= 15 is 0 Å². The van der Waals surface area contributed by atoms with Crippen LogP contribution in [0.4, 0.5) is 0 Å². The molecule has 9 heteroatoms. The molecule has 0 aliphatic carbocycles. The molecule has 0 aliphatic heterocycles. The third-order valence-corrected chi connectivity index (χ3v) is 6.75. The van der Waals surface area contributed by atoms with E-state index in [0.29, 0.717) is 18.7 Å². The predicted octanol–water partition coefficient (Wildman–Crippen LogP) is 2.79. The highest BCUT2D eigenvalue weighted by Gasteiger charge is 2.18. The second-order valence-corrected chi connectivity index (χ2v) is 9.32. The Balaban J connectivity index is 1.68. The molecule has 8 nitrogen and oxygen atoms in total. The molecule has 1 aromatic heterocycles. The summed E-state index contributed by atoms with van der Waals surface area (Å²) in [4.78, 5) is 12.4. The number of methoxy groups -OCH3 is 1. The lowest BCUT2D eigenvalue weighted by Gasteiger charge is -2.09. The van der Waals surface area contributed by atoms with Crippen molar-refractivity contribution in [1.82, 2.24) is 19.8 Å². The van der Waals surface area contributed by atoms with Crippen molar-refractivity contribution in [3.05, 3.63) is 82.7 Å². The van der Waals surface area contributed by atoms with Crippen LogP contribution in [0.25, 0.3) is 6.08 Å². The number of sulfonamides is 1. The molecule has 1 heterocycles. The number of ether oxygens (including phenoxy) is 1. The second-order valence-electron chi connectivity index (χ2n) is 7.46. The Morgan fingerprint density at radius 3 is 2.55 bits per heavy atom. The summed E-state index contributed by atoms with van der Waals surface area (Å²) in [7, 11) is -0.965. The zero-order chi connectivity index (χ0) is 24.0. The van der Waals surface area contributed by atoms with E-state index in [0.717, 1.165) is 22.5 Å². The summed E-state index contributed by atoms with van der Waals surface area (Å²) < 4.78 is 33.8. The molecule has 0 saturated carbocycles. The zero-order valence-electron chi connectivity index (χ0n) is 19.1. The molecule has 0 radical (unpaired) electrons. The lowest BCUT2D eigenvalue weighted by Crippen LogP contribution is -2.21. The molecule has 3 aromatic rings. The Kier molecular flexibility index (Phi) is 7.67. The number of carbonyl (C=O) groups is 1. The van der Waals surface area contributed by atoms with Gasteiger partial charge in [-0.25, -0.2) is 13.1 Å². The number of hydrogen-bond donors (Lipinski definition) is 2. The van der Waals surface area contributed by atoms with Crippen LogP contribution >= 0.6 is 0 Å². The Bertz CT molecular complexity index is 1270. The van der Waals surface area contributed by atoms with Crippen molar-refractivity contribution in [3.63, 3.8) is 0 Å². The zero-order valence-corrected chi connectivity index (χ0v) is 19.9. The summed E-state index contributed by atoms with van der Waals surface area (Å²) in [6.07, 6.45) is 2.93. The maximum absolute atomic E-state index is 12.4. The molecule has 0 atom stereocenters. The van der Waals surface area contributed by atoms with E-state index in [1.165, 1.54) is 26.3 Å². The van der Waals surface area contributed by atoms with E-state index in [1.54, 1.807) is 18.2 Å². The molecule has 1 amide bonds. The number of nitrogens with zero attached hydrogens (tertiary/aromatic N) is 2. The Hall–Kier alpha value is -3.43. The van der Waals surface area contributed by atoms with Crippen LogP contribution in [0.15, 0.2) is 59.5 Å². The summed E-state index contributed by atoms with van der Waals surface area (Å²) in [5, 5.41) is 7.48. The van der Waals surface area contributed by atoms with Gasteiger partial charge < -0.3 is 10.1 Å². The van der Waals surface area contributed by atoms with Crippen molar-refractivity contribution < 1.29 is 17.9 Å². The summed E-state index contributed by atoms with van der Waals surface area (Å²) in [5.74, 6) is -0.0668. The van der Waals surface area contributed by atoms with E-state index in [2.05, 4.69) is 27.3 Å². The fourth-order valence-corrected chi connectivity index (χ4v) is 4.35. The minimum atomic E-state index is -3.70. The Morgan fingerprint density at radius 2 is 1.88 bits per heavy atom. The number of amides is 1. The van der Waals surface area contributed by atoms with Crippen molar-refractivity contribution in [2.45, 2.75) is 31.8 Å². The first-order valence-corrected chi connectivity index (χ1v) is 11.9. The first kappa shape index (κ1) is 24.2. The van der Waals surface area contributed by atoms with Gasteiger partial charge in [0.2, 0.25) is 15.9 Å². The SMILES string of the molecule is CNS(=O)(=O)c1cc(/C=C/C(=O)NCc2c(C)nn(Cc3ccccc3)c2C)ccc1OC. The number of nitrogens with one attached hydrogen (secondary N) is 2. The number of carbonyl (C=O) groups excluding carboxylic acids is 1. The van der Waals surface area contributed by atoms with Crippen LogP contribution < -0.4 is 14.8 Å². The highest BCUT2D eigenvalue weighted by Crippen LogP contribution is 2.25. The molecular weight excluding hydrogens is 440 g/mol. The molecule has 0 aliphatic rings. The molecule has 2 N–H and O–H groups in total. The quantitative estimate of drug-likeness (QED) is 0.470. The van der Waals surface area contributed by atoms with E-state index in [-0.39, 0.29) is 16.6 Å². The van der Waals surface area contributed by atoms with Gasteiger partial charge in [-0.05, 0) is 50.2 Å². The molecule has 3 rings (SSSR count). The highest BCUT2D eigenvalue weighted by molar-refractivity contribution is 7.89. The van der Waals surface area contributed by atoms with Gasteiger partial charge >= 0.3 is 0 Å². The van der Waals surface area contributed by atoms with Gasteiger partial charge in [-0.1, -0.05) is 36.4 Å². The highest BCUT2D eigenvalue weighted by atomic mass is 32.2. The Morgan fingerprint density at radius 1 is 1.15 bits per heavy atom. The predicted molar refractivity (Wildman–Crippen MR) is 127 cm³/mol. The van der Waals surface area contributed by atoms with E-state index in [1.807, 2.05) is 36.7 Å². The summed E-state index contributed by atoms with van der Waals surface area (Å²) in [6, 6.07) is 14.8. The van der Waals surface area contributed by atoms with Crippen molar-refractivity contribution in [2.75, 3.05) is 14.2 Å². The van der Waals surface area contributed by atoms with Crippen molar-refractivity contribution in [1.29, 1.82) is 0 Å². The van der Waals surface area contributed by atoms with Crippen LogP contribution in [0, 0.1) is 13.8 Å². The summed E-state index contributed by atoms with van der Waals surface area (Å²) in [5.41, 5.74) is 4.55. The maximum Gasteiger partial charge on any atom is 0.244 e. The number of aromatic nitrogens is 2. The first-order valence-electron chi connectivity index (χ1n) is 10.4. The van der Waals surface area contributed by atoms with Gasteiger partial charge in [0.25, 0.3) is 0 Å². The average molecular weight is 469 g/mol. The molecule has 0 spiro atoms. The molecule has 0 unspecified atom stereocenters. The summed E-state index contributed by atoms with van der Waals surface area (Å²) in [6.45, 7) is 4.92. The van der Waals surface area contributed by atoms with Gasteiger partial charge in [0, 0.05) is 23.9 Å². The van der Waals surface area contributed by atoms with Crippen LogP contribution in [0.1, 0.15) is 28.1 Å². The van der Waals surface area contributed by atoms with E-state index < -0.39 is 10.0 Å². The lowest BCUT2D eigenvalue weighted by atomic mass is 10.2. The molecular formula is C24H28N4O4S. The van der Waals surface area contributed by atoms with Crippen molar-refractivity contribution in [2.24, 2.45) is 0 Å². The van der Waals surface area contributed by atoms with E-state index in [4.69, 9.17) is 4.74 Å². The average Bonchev–Trinajstić information content (AvgIpc) is 3.08. The van der Waals surface area contributed by atoms with Gasteiger partial charge in [0.1, 0.15) is 10.6 Å². The van der Waals surface area contributed by atoms with Crippen LogP contribution in [0.5, 0.6) is 5.75 Å². The van der Waals surface area contributed by atoms with Gasteiger partial charge in [-0.3, -0.25) is 9.48 Å². The first-order chi connectivity index (χ1) is 15.7. The number of benzene rings is 2. The van der Waals surface area contributed by atoms with Gasteiger partial charge in [-0.15, -0.1) is 0 Å². The van der Waals surface area contributed by atoms with Gasteiger partial charge in [0.05, 0.1) is 19.3 Å². The standard InChI is InChI=1S/C24H28N4O4S/c1-17-21(18(2)28(27-17)16-20-8-6-5-7-9-20)15-26-24(29)13-11-19-10-12-22(32-4)23(14-19)33(30,31)25-3/h5-14,25H,15-16H2,1-4H3,(H,26,29)/b13-11+. The third kappa shape index (κ3) is 5.88. The van der Waals surface area contributed by atoms with Crippen LogP contribution in [-0.2, 0) is 27.9 Å². The smallest absolute Gasteiger partial charge is 0.244 e. The number of hydrogen-bond acceptors (Lipinski definition) is 5. The molecule has 33 heavy (non-hydrogen) atoms. The fourth-order valence-electron chi connectivity index (χ4n) is 3.42. The minimum absolute atomic E-state index is 0.00661. The second kappa shape index (κ2) is 10.5. The Labute approximate surface area is 194 Å². The largest absolute Gasteiger partial charge is 0.495 e. The topological polar surface area (TPSA) is 102 Å². The summed E-state index contributed by atoms with van der Waals surface area (Å²) >= 11 is 0. The maximum atomic E-state index is 12.4. The van der Waals surface area contributed by atoms with Gasteiger partial charge in [-0.2, -0.15) is 5.10 Å². The molecule has 2 aromatic carbocycles.